The normalized spacial score (nSPS) is 15.4. The standard InChI is InChI=1S/C23H31N3O/c1-18(2)26(17-19-10-6-5-7-11-19)22-14-20(15-24-16-22)23(27)25-21-12-8-3-4-9-13-21/h5-7,10-11,14-16,18,21H,3-4,8-9,12-13,17H2,1-2H3,(H,25,27). The Bertz CT molecular complexity index is 721. The number of nitrogens with zero attached hydrogens (tertiary/aromatic N) is 2. The zero-order chi connectivity index (χ0) is 19.1. The molecule has 0 radical (unpaired) electrons. The summed E-state index contributed by atoms with van der Waals surface area (Å²) >= 11 is 0. The second-order valence-electron chi connectivity index (χ2n) is 7.80. The van der Waals surface area contributed by atoms with Crippen LogP contribution in [0.25, 0.3) is 0 Å². The summed E-state index contributed by atoms with van der Waals surface area (Å²) in [6.45, 7) is 5.14. The molecule has 0 spiro atoms. The minimum Gasteiger partial charge on any atom is -0.364 e. The van der Waals surface area contributed by atoms with E-state index in [0.717, 1.165) is 25.1 Å². The molecule has 1 N–H and O–H groups in total. The van der Waals surface area contributed by atoms with Gasteiger partial charge in [-0.2, -0.15) is 0 Å². The van der Waals surface area contributed by atoms with Crippen LogP contribution in [0.3, 0.4) is 0 Å². The number of nitrogens with one attached hydrogen (secondary N) is 1. The van der Waals surface area contributed by atoms with Crippen molar-refractivity contribution in [2.75, 3.05) is 4.90 Å². The molecule has 0 aliphatic heterocycles. The van der Waals surface area contributed by atoms with Crippen LogP contribution in [0.5, 0.6) is 0 Å². The van der Waals surface area contributed by atoms with Gasteiger partial charge < -0.3 is 10.2 Å². The average molecular weight is 366 g/mol. The molecule has 3 rings (SSSR count). The molecule has 0 unspecified atom stereocenters. The molecule has 0 saturated heterocycles. The number of amides is 1. The van der Waals surface area contributed by atoms with E-state index in [1.165, 1.54) is 31.2 Å². The minimum absolute atomic E-state index is 0.000308. The Morgan fingerprint density at radius 3 is 2.48 bits per heavy atom. The van der Waals surface area contributed by atoms with Crippen molar-refractivity contribution >= 4 is 11.6 Å². The van der Waals surface area contributed by atoms with Crippen LogP contribution in [-0.4, -0.2) is 23.0 Å². The van der Waals surface area contributed by atoms with Gasteiger partial charge in [0, 0.05) is 24.8 Å². The quantitative estimate of drug-likeness (QED) is 0.737. The predicted molar refractivity (Wildman–Crippen MR) is 111 cm³/mol. The number of hydrogen-bond acceptors (Lipinski definition) is 3. The number of hydrogen-bond donors (Lipinski definition) is 1. The van der Waals surface area contributed by atoms with Gasteiger partial charge in [0.05, 0.1) is 17.4 Å². The molecule has 4 heteroatoms. The summed E-state index contributed by atoms with van der Waals surface area (Å²) < 4.78 is 0. The molecule has 1 aliphatic carbocycles. The van der Waals surface area contributed by atoms with Crippen molar-refractivity contribution in [1.82, 2.24) is 10.3 Å². The Kier molecular flexibility index (Phi) is 6.86. The van der Waals surface area contributed by atoms with Crippen LogP contribution in [0.2, 0.25) is 0 Å². The Balaban J connectivity index is 1.73. The summed E-state index contributed by atoms with van der Waals surface area (Å²) in [6, 6.07) is 13.0. The Labute approximate surface area is 163 Å². The molecule has 4 nitrogen and oxygen atoms in total. The van der Waals surface area contributed by atoms with Gasteiger partial charge in [0.15, 0.2) is 0 Å². The minimum atomic E-state index is -0.000308. The highest BCUT2D eigenvalue weighted by Gasteiger charge is 2.18. The van der Waals surface area contributed by atoms with Crippen molar-refractivity contribution in [2.45, 2.75) is 71.0 Å². The van der Waals surface area contributed by atoms with Crippen LogP contribution >= 0.6 is 0 Å². The van der Waals surface area contributed by atoms with E-state index in [-0.39, 0.29) is 5.91 Å². The predicted octanol–water partition coefficient (Wildman–Crippen LogP) is 4.95. The summed E-state index contributed by atoms with van der Waals surface area (Å²) in [5, 5.41) is 3.22. The lowest BCUT2D eigenvalue weighted by molar-refractivity contribution is 0.0933. The summed E-state index contributed by atoms with van der Waals surface area (Å²) in [5.41, 5.74) is 2.89. The van der Waals surface area contributed by atoms with Gasteiger partial charge in [-0.25, -0.2) is 0 Å². The lowest BCUT2D eigenvalue weighted by atomic mass is 10.1. The monoisotopic (exact) mass is 365 g/mol. The van der Waals surface area contributed by atoms with Gasteiger partial charge >= 0.3 is 0 Å². The Morgan fingerprint density at radius 2 is 1.81 bits per heavy atom. The number of pyridine rings is 1. The van der Waals surface area contributed by atoms with Gasteiger partial charge in [0.1, 0.15) is 0 Å². The average Bonchev–Trinajstić information content (AvgIpc) is 2.95. The van der Waals surface area contributed by atoms with Crippen molar-refractivity contribution in [3.8, 4) is 0 Å². The lowest BCUT2D eigenvalue weighted by Gasteiger charge is -2.29. The first-order valence-corrected chi connectivity index (χ1v) is 10.2. The highest BCUT2D eigenvalue weighted by atomic mass is 16.1. The molecule has 27 heavy (non-hydrogen) atoms. The summed E-state index contributed by atoms with van der Waals surface area (Å²) in [4.78, 5) is 19.4. The van der Waals surface area contributed by atoms with E-state index in [4.69, 9.17) is 0 Å². The highest BCUT2D eigenvalue weighted by Crippen LogP contribution is 2.21. The molecule has 1 aromatic carbocycles. The fraction of sp³-hybridized carbons (Fsp3) is 0.478. The topological polar surface area (TPSA) is 45.2 Å². The van der Waals surface area contributed by atoms with E-state index in [0.29, 0.717) is 17.6 Å². The molecule has 1 saturated carbocycles. The molecule has 144 valence electrons. The summed E-state index contributed by atoms with van der Waals surface area (Å²) in [7, 11) is 0. The zero-order valence-corrected chi connectivity index (χ0v) is 16.5. The molecular formula is C23H31N3O. The number of anilines is 1. The van der Waals surface area contributed by atoms with E-state index in [1.807, 2.05) is 18.3 Å². The van der Waals surface area contributed by atoms with Gasteiger partial charge in [0.25, 0.3) is 5.91 Å². The second-order valence-corrected chi connectivity index (χ2v) is 7.80. The van der Waals surface area contributed by atoms with Crippen LogP contribution in [0.1, 0.15) is 68.3 Å². The molecule has 0 atom stereocenters. The summed E-state index contributed by atoms with van der Waals surface area (Å²) in [5.74, 6) is -0.000308. The first kappa shape index (κ1) is 19.4. The first-order chi connectivity index (χ1) is 13.1. The Hall–Kier alpha value is -2.36. The van der Waals surface area contributed by atoms with E-state index < -0.39 is 0 Å². The maximum atomic E-state index is 12.8. The summed E-state index contributed by atoms with van der Waals surface area (Å²) in [6.07, 6.45) is 10.7. The van der Waals surface area contributed by atoms with Crippen molar-refractivity contribution in [1.29, 1.82) is 0 Å². The second kappa shape index (κ2) is 9.54. The molecule has 0 bridgehead atoms. The van der Waals surface area contributed by atoms with E-state index in [1.54, 1.807) is 6.20 Å². The van der Waals surface area contributed by atoms with Gasteiger partial charge in [-0.1, -0.05) is 56.0 Å². The maximum absolute atomic E-state index is 12.8. The van der Waals surface area contributed by atoms with Crippen molar-refractivity contribution in [3.63, 3.8) is 0 Å². The molecular weight excluding hydrogens is 334 g/mol. The third-order valence-corrected chi connectivity index (χ3v) is 5.33. The first-order valence-electron chi connectivity index (χ1n) is 10.2. The number of aromatic nitrogens is 1. The third-order valence-electron chi connectivity index (χ3n) is 5.33. The maximum Gasteiger partial charge on any atom is 0.253 e. The molecule has 1 heterocycles. The fourth-order valence-corrected chi connectivity index (χ4v) is 3.75. The lowest BCUT2D eigenvalue weighted by Crippen LogP contribution is -2.35. The Morgan fingerprint density at radius 1 is 1.11 bits per heavy atom. The van der Waals surface area contributed by atoms with Crippen molar-refractivity contribution < 1.29 is 4.79 Å². The van der Waals surface area contributed by atoms with Crippen LogP contribution in [0.15, 0.2) is 48.8 Å². The fourth-order valence-electron chi connectivity index (χ4n) is 3.75. The van der Waals surface area contributed by atoms with Gasteiger partial charge in [-0.3, -0.25) is 9.78 Å². The van der Waals surface area contributed by atoms with Gasteiger partial charge in [0.2, 0.25) is 0 Å². The van der Waals surface area contributed by atoms with Crippen molar-refractivity contribution in [2.24, 2.45) is 0 Å². The highest BCUT2D eigenvalue weighted by molar-refractivity contribution is 5.95. The smallest absolute Gasteiger partial charge is 0.253 e. The number of rotatable bonds is 6. The largest absolute Gasteiger partial charge is 0.364 e. The van der Waals surface area contributed by atoms with E-state index in [9.17, 15) is 4.79 Å². The molecule has 1 amide bonds. The van der Waals surface area contributed by atoms with Crippen molar-refractivity contribution in [3.05, 3.63) is 59.9 Å². The third kappa shape index (κ3) is 5.56. The number of carbonyl (C=O) groups excluding carboxylic acids is 1. The zero-order valence-electron chi connectivity index (χ0n) is 16.5. The molecule has 1 aromatic heterocycles. The number of benzene rings is 1. The molecule has 1 aliphatic rings. The molecule has 1 fully saturated rings. The van der Waals surface area contributed by atoms with Gasteiger partial charge in [-0.05, 0) is 38.3 Å². The SMILES string of the molecule is CC(C)N(Cc1ccccc1)c1cncc(C(=O)NC2CCCCCC2)c1. The number of carbonyl (C=O) groups is 1. The van der Waals surface area contributed by atoms with Crippen LogP contribution in [0, 0.1) is 0 Å². The van der Waals surface area contributed by atoms with E-state index in [2.05, 4.69) is 53.3 Å². The van der Waals surface area contributed by atoms with Crippen LogP contribution in [0.4, 0.5) is 5.69 Å². The van der Waals surface area contributed by atoms with E-state index >= 15 is 0 Å². The molecule has 2 aromatic rings. The van der Waals surface area contributed by atoms with Crippen LogP contribution in [-0.2, 0) is 6.54 Å². The van der Waals surface area contributed by atoms with Crippen LogP contribution < -0.4 is 10.2 Å². The van der Waals surface area contributed by atoms with Gasteiger partial charge in [-0.15, -0.1) is 0 Å².